The highest BCUT2D eigenvalue weighted by Crippen LogP contribution is 2.26. The summed E-state index contributed by atoms with van der Waals surface area (Å²) in [6.07, 6.45) is 3.07. The molecule has 0 atom stereocenters. The van der Waals surface area contributed by atoms with Crippen molar-refractivity contribution in [3.8, 4) is 0 Å². The van der Waals surface area contributed by atoms with Crippen LogP contribution < -0.4 is 0 Å². The van der Waals surface area contributed by atoms with Crippen LogP contribution in [-0.4, -0.2) is 6.17 Å². The summed E-state index contributed by atoms with van der Waals surface area (Å²) in [6, 6.07) is 0. The van der Waals surface area contributed by atoms with Crippen LogP contribution in [0.5, 0.6) is 0 Å². The highest BCUT2D eigenvalue weighted by Gasteiger charge is 2.16. The quantitative estimate of drug-likeness (QED) is 0.455. The van der Waals surface area contributed by atoms with Crippen molar-refractivity contribution >= 4 is 0 Å². The van der Waals surface area contributed by atoms with Gasteiger partial charge in [0.2, 0.25) is 0 Å². The first-order chi connectivity index (χ1) is 3.79. The molecule has 8 heavy (non-hydrogen) atoms. The predicted octanol–water partition coefficient (Wildman–Crippen LogP) is 2.49. The smallest absolute Gasteiger partial charge is 0.100 e. The van der Waals surface area contributed by atoms with Gasteiger partial charge < -0.3 is 0 Å². The Morgan fingerprint density at radius 1 is 1.38 bits per heavy atom. The molecule has 0 aromatic rings. The maximum Gasteiger partial charge on any atom is 0.100 e. The Kier molecular flexibility index (Phi) is 1.87. The molecular weight excluding hydrogens is 103 g/mol. The standard InChI is InChI=1S/C7H12F/c1-6-2-4-7(8)5-3-6/h7H,2-5H2,1H3. The number of hydrogen-bond acceptors (Lipinski definition) is 0. The zero-order valence-corrected chi connectivity index (χ0v) is 5.28. The van der Waals surface area contributed by atoms with Gasteiger partial charge >= 0.3 is 0 Å². The zero-order chi connectivity index (χ0) is 5.98. The fraction of sp³-hybridized carbons (Fsp3) is 0.857. The fourth-order valence-electron chi connectivity index (χ4n) is 1.08. The van der Waals surface area contributed by atoms with Crippen molar-refractivity contribution in [3.05, 3.63) is 5.92 Å². The van der Waals surface area contributed by atoms with E-state index < -0.39 is 6.17 Å². The molecule has 0 amide bonds. The van der Waals surface area contributed by atoms with Crippen molar-refractivity contribution in [2.24, 2.45) is 0 Å². The van der Waals surface area contributed by atoms with Gasteiger partial charge in [0.15, 0.2) is 0 Å². The van der Waals surface area contributed by atoms with Crippen LogP contribution in [0.4, 0.5) is 4.39 Å². The van der Waals surface area contributed by atoms with Crippen LogP contribution in [0.3, 0.4) is 0 Å². The lowest BCUT2D eigenvalue weighted by atomic mass is 9.90. The predicted molar refractivity (Wildman–Crippen MR) is 32.3 cm³/mol. The molecule has 1 rings (SSSR count). The summed E-state index contributed by atoms with van der Waals surface area (Å²) < 4.78 is 12.3. The molecule has 1 radical (unpaired) electrons. The first-order valence-electron chi connectivity index (χ1n) is 3.24. The highest BCUT2D eigenvalue weighted by molar-refractivity contribution is 4.89. The maximum atomic E-state index is 12.3. The molecule has 1 heteroatoms. The van der Waals surface area contributed by atoms with Crippen molar-refractivity contribution < 1.29 is 4.39 Å². The Balaban J connectivity index is 2.19. The average molecular weight is 115 g/mol. The third-order valence-corrected chi connectivity index (χ3v) is 1.77. The van der Waals surface area contributed by atoms with Crippen LogP contribution in [-0.2, 0) is 0 Å². The molecule has 0 saturated heterocycles. The van der Waals surface area contributed by atoms with Crippen molar-refractivity contribution in [1.82, 2.24) is 0 Å². The highest BCUT2D eigenvalue weighted by atomic mass is 19.1. The lowest BCUT2D eigenvalue weighted by Crippen LogP contribution is -2.10. The Morgan fingerprint density at radius 2 is 1.88 bits per heavy atom. The van der Waals surface area contributed by atoms with E-state index in [1.807, 2.05) is 0 Å². The van der Waals surface area contributed by atoms with Crippen molar-refractivity contribution in [2.45, 2.75) is 38.8 Å². The van der Waals surface area contributed by atoms with Gasteiger partial charge in [0.1, 0.15) is 6.17 Å². The van der Waals surface area contributed by atoms with E-state index in [1.165, 1.54) is 5.92 Å². The SMILES string of the molecule is C[C]1CCC(F)CC1. The second kappa shape index (κ2) is 2.47. The summed E-state index contributed by atoms with van der Waals surface area (Å²) >= 11 is 0. The number of hydrogen-bond donors (Lipinski definition) is 0. The number of halogens is 1. The van der Waals surface area contributed by atoms with E-state index in [0.29, 0.717) is 0 Å². The van der Waals surface area contributed by atoms with Crippen molar-refractivity contribution in [3.63, 3.8) is 0 Å². The first-order valence-corrected chi connectivity index (χ1v) is 3.24. The third kappa shape index (κ3) is 1.46. The van der Waals surface area contributed by atoms with E-state index in [9.17, 15) is 4.39 Å². The monoisotopic (exact) mass is 115 g/mol. The van der Waals surface area contributed by atoms with E-state index in [1.54, 1.807) is 0 Å². The van der Waals surface area contributed by atoms with Crippen LogP contribution in [0, 0.1) is 5.92 Å². The zero-order valence-electron chi connectivity index (χ0n) is 5.28. The summed E-state index contributed by atoms with van der Waals surface area (Å²) in [5.74, 6) is 1.47. The molecule has 0 N–H and O–H groups in total. The molecule has 1 aliphatic carbocycles. The molecule has 0 nitrogen and oxygen atoms in total. The summed E-state index contributed by atoms with van der Waals surface area (Å²) in [5.41, 5.74) is 0. The number of alkyl halides is 1. The lowest BCUT2D eigenvalue weighted by molar-refractivity contribution is 0.263. The summed E-state index contributed by atoms with van der Waals surface area (Å²) in [7, 11) is 0. The minimum Gasteiger partial charge on any atom is -0.247 e. The molecular formula is C7H12F. The van der Waals surface area contributed by atoms with Gasteiger partial charge in [-0.3, -0.25) is 0 Å². The molecule has 0 spiro atoms. The molecule has 1 saturated carbocycles. The van der Waals surface area contributed by atoms with Crippen LogP contribution in [0.15, 0.2) is 0 Å². The maximum absolute atomic E-state index is 12.3. The molecule has 1 fully saturated rings. The third-order valence-electron chi connectivity index (χ3n) is 1.77. The van der Waals surface area contributed by atoms with Gasteiger partial charge in [0.05, 0.1) is 0 Å². The van der Waals surface area contributed by atoms with E-state index >= 15 is 0 Å². The van der Waals surface area contributed by atoms with Crippen molar-refractivity contribution in [1.29, 1.82) is 0 Å². The normalized spacial score (nSPS) is 26.2. The summed E-state index contributed by atoms with van der Waals surface area (Å²) in [5, 5.41) is 0. The lowest BCUT2D eigenvalue weighted by Gasteiger charge is -2.19. The molecule has 0 unspecified atom stereocenters. The largest absolute Gasteiger partial charge is 0.247 e. The van der Waals surface area contributed by atoms with E-state index in [-0.39, 0.29) is 0 Å². The molecule has 1 aliphatic rings. The van der Waals surface area contributed by atoms with Crippen LogP contribution in [0.1, 0.15) is 32.6 Å². The fourth-order valence-corrected chi connectivity index (χ4v) is 1.08. The molecule has 0 aromatic heterocycles. The van der Waals surface area contributed by atoms with Gasteiger partial charge in [0.25, 0.3) is 0 Å². The van der Waals surface area contributed by atoms with Crippen LogP contribution >= 0.6 is 0 Å². The Labute approximate surface area is 50.1 Å². The Bertz CT molecular complexity index is 52.8. The van der Waals surface area contributed by atoms with Crippen molar-refractivity contribution in [2.75, 3.05) is 0 Å². The molecule has 0 bridgehead atoms. The van der Waals surface area contributed by atoms with E-state index in [4.69, 9.17) is 0 Å². The van der Waals surface area contributed by atoms with Gasteiger partial charge in [-0.1, -0.05) is 6.92 Å². The Morgan fingerprint density at radius 3 is 2.25 bits per heavy atom. The van der Waals surface area contributed by atoms with Crippen LogP contribution in [0.2, 0.25) is 0 Å². The molecule has 47 valence electrons. The first kappa shape index (κ1) is 6.06. The Hall–Kier alpha value is -0.0700. The average Bonchev–Trinajstić information content (AvgIpc) is 1.77. The van der Waals surface area contributed by atoms with Gasteiger partial charge in [-0.25, -0.2) is 4.39 Å². The summed E-state index contributed by atoms with van der Waals surface area (Å²) in [6.45, 7) is 2.12. The van der Waals surface area contributed by atoms with E-state index in [0.717, 1.165) is 25.7 Å². The van der Waals surface area contributed by atoms with Gasteiger partial charge in [-0.2, -0.15) is 0 Å². The summed E-state index contributed by atoms with van der Waals surface area (Å²) in [4.78, 5) is 0. The second-order valence-corrected chi connectivity index (χ2v) is 2.63. The van der Waals surface area contributed by atoms with Gasteiger partial charge in [0, 0.05) is 0 Å². The number of rotatable bonds is 0. The van der Waals surface area contributed by atoms with Gasteiger partial charge in [-0.05, 0) is 31.6 Å². The second-order valence-electron chi connectivity index (χ2n) is 2.63. The molecule has 0 aliphatic heterocycles. The minimum atomic E-state index is -0.501. The molecule has 0 heterocycles. The molecule has 0 aromatic carbocycles. The van der Waals surface area contributed by atoms with Gasteiger partial charge in [-0.15, -0.1) is 0 Å². The topological polar surface area (TPSA) is 0 Å². The van der Waals surface area contributed by atoms with Crippen LogP contribution in [0.25, 0.3) is 0 Å². The minimum absolute atomic E-state index is 0.501. The van der Waals surface area contributed by atoms with E-state index in [2.05, 4.69) is 6.92 Å².